The molecule has 2 rings (SSSR count). The normalized spacial score (nSPS) is 9.81. The van der Waals surface area contributed by atoms with E-state index in [0.29, 0.717) is 11.4 Å². The molecule has 5 nitrogen and oxygen atoms in total. The fourth-order valence-electron chi connectivity index (χ4n) is 1.54. The maximum Gasteiger partial charge on any atom is 0.240 e. The zero-order chi connectivity index (χ0) is 11.5. The summed E-state index contributed by atoms with van der Waals surface area (Å²) in [6.45, 7) is 0. The van der Waals surface area contributed by atoms with Gasteiger partial charge in [-0.3, -0.25) is 4.68 Å². The third-order valence-electron chi connectivity index (χ3n) is 2.21. The first kappa shape index (κ1) is 10.1. The highest BCUT2D eigenvalue weighted by Crippen LogP contribution is 2.30. The molecule has 1 N–H and O–H groups in total. The summed E-state index contributed by atoms with van der Waals surface area (Å²) in [6, 6.07) is 6.68. The number of hydrogen-bond acceptors (Lipinski definition) is 4. The van der Waals surface area contributed by atoms with Crippen molar-refractivity contribution in [2.75, 3.05) is 0 Å². The van der Waals surface area contributed by atoms with Crippen molar-refractivity contribution in [1.29, 1.82) is 0 Å². The first-order valence-corrected chi connectivity index (χ1v) is 4.61. The number of aliphatic imine (C=N–C) groups is 1. The fraction of sp³-hybridized carbons (Fsp3) is 0.0909. The summed E-state index contributed by atoms with van der Waals surface area (Å²) < 4.78 is 1.59. The zero-order valence-corrected chi connectivity index (χ0v) is 8.58. The number of carbonyl (C=O) groups excluding carboxylic acids is 1. The van der Waals surface area contributed by atoms with E-state index in [-0.39, 0.29) is 5.75 Å². The van der Waals surface area contributed by atoms with Gasteiger partial charge >= 0.3 is 0 Å². The lowest BCUT2D eigenvalue weighted by molar-refractivity contribution is 0.475. The predicted octanol–water partition coefficient (Wildman–Crippen LogP) is 1.76. The molecule has 80 valence electrons. The molecule has 1 aromatic heterocycles. The lowest BCUT2D eigenvalue weighted by Gasteiger charge is -2.03. The molecule has 0 unspecified atom stereocenters. The van der Waals surface area contributed by atoms with Gasteiger partial charge in [-0.2, -0.15) is 10.1 Å². The van der Waals surface area contributed by atoms with Crippen molar-refractivity contribution in [3.8, 4) is 17.0 Å². The second-order valence-electron chi connectivity index (χ2n) is 3.26. The van der Waals surface area contributed by atoms with Gasteiger partial charge < -0.3 is 5.11 Å². The quantitative estimate of drug-likeness (QED) is 0.613. The standard InChI is InChI=1S/C11H9N3O2/c1-14-11(10(6-13-14)12-7-15)8-3-2-4-9(16)5-8/h2-6,16H,1H3. The molecule has 1 heterocycles. The molecule has 0 saturated heterocycles. The lowest BCUT2D eigenvalue weighted by atomic mass is 10.1. The monoisotopic (exact) mass is 215 g/mol. The molecule has 0 spiro atoms. The molecule has 0 amide bonds. The van der Waals surface area contributed by atoms with Crippen LogP contribution in [-0.2, 0) is 11.8 Å². The average Bonchev–Trinajstić information content (AvgIpc) is 2.60. The van der Waals surface area contributed by atoms with Crippen molar-refractivity contribution in [3.63, 3.8) is 0 Å². The number of nitrogens with zero attached hydrogens (tertiary/aromatic N) is 3. The fourth-order valence-corrected chi connectivity index (χ4v) is 1.54. The van der Waals surface area contributed by atoms with E-state index in [4.69, 9.17) is 0 Å². The van der Waals surface area contributed by atoms with Crippen LogP contribution in [0, 0.1) is 0 Å². The largest absolute Gasteiger partial charge is 0.508 e. The van der Waals surface area contributed by atoms with Crippen LogP contribution in [0.15, 0.2) is 35.5 Å². The van der Waals surface area contributed by atoms with Gasteiger partial charge in [-0.15, -0.1) is 0 Å². The summed E-state index contributed by atoms with van der Waals surface area (Å²) >= 11 is 0. The van der Waals surface area contributed by atoms with E-state index in [1.165, 1.54) is 12.3 Å². The molecule has 2 aromatic rings. The number of aromatic hydroxyl groups is 1. The van der Waals surface area contributed by atoms with Gasteiger partial charge in [0.15, 0.2) is 0 Å². The Morgan fingerprint density at radius 3 is 3.00 bits per heavy atom. The van der Waals surface area contributed by atoms with Crippen LogP contribution < -0.4 is 0 Å². The molecule has 1 aromatic carbocycles. The van der Waals surface area contributed by atoms with Crippen LogP contribution >= 0.6 is 0 Å². The highest BCUT2D eigenvalue weighted by atomic mass is 16.3. The molecule has 0 saturated carbocycles. The Morgan fingerprint density at radius 2 is 2.31 bits per heavy atom. The number of benzene rings is 1. The van der Waals surface area contributed by atoms with Gasteiger partial charge in [-0.25, -0.2) is 4.79 Å². The highest BCUT2D eigenvalue weighted by molar-refractivity contribution is 5.74. The first-order chi connectivity index (χ1) is 7.72. The van der Waals surface area contributed by atoms with E-state index < -0.39 is 0 Å². The van der Waals surface area contributed by atoms with Crippen LogP contribution in [0.2, 0.25) is 0 Å². The van der Waals surface area contributed by atoms with E-state index in [2.05, 4.69) is 10.1 Å². The van der Waals surface area contributed by atoms with Crippen LogP contribution in [0.25, 0.3) is 11.3 Å². The van der Waals surface area contributed by atoms with Crippen LogP contribution in [0.1, 0.15) is 0 Å². The molecule has 0 radical (unpaired) electrons. The highest BCUT2D eigenvalue weighted by Gasteiger charge is 2.10. The number of rotatable bonds is 2. The molecule has 0 bridgehead atoms. The van der Waals surface area contributed by atoms with E-state index in [1.807, 2.05) is 0 Å². The van der Waals surface area contributed by atoms with E-state index >= 15 is 0 Å². The van der Waals surface area contributed by atoms with Gasteiger partial charge in [-0.1, -0.05) is 12.1 Å². The van der Waals surface area contributed by atoms with Crippen LogP contribution in [-0.4, -0.2) is 21.0 Å². The van der Waals surface area contributed by atoms with Gasteiger partial charge in [0.2, 0.25) is 6.08 Å². The predicted molar refractivity (Wildman–Crippen MR) is 58.1 cm³/mol. The summed E-state index contributed by atoms with van der Waals surface area (Å²) in [6.07, 6.45) is 2.96. The molecular formula is C11H9N3O2. The maximum atomic E-state index is 10.3. The Balaban J connectivity index is 2.63. The van der Waals surface area contributed by atoms with Crippen molar-refractivity contribution in [1.82, 2.24) is 9.78 Å². The summed E-state index contributed by atoms with van der Waals surface area (Å²) in [7, 11) is 1.74. The third-order valence-corrected chi connectivity index (χ3v) is 2.21. The van der Waals surface area contributed by atoms with Crippen LogP contribution in [0.4, 0.5) is 5.69 Å². The number of phenolic OH excluding ortho intramolecular Hbond substituents is 1. The second kappa shape index (κ2) is 4.00. The summed E-state index contributed by atoms with van der Waals surface area (Å²) in [5.41, 5.74) is 1.84. The lowest BCUT2D eigenvalue weighted by Crippen LogP contribution is -1.93. The number of phenols is 1. The minimum absolute atomic E-state index is 0.153. The first-order valence-electron chi connectivity index (χ1n) is 4.61. The van der Waals surface area contributed by atoms with Crippen molar-refractivity contribution in [2.45, 2.75) is 0 Å². The number of aryl methyl sites for hydroxylation is 1. The van der Waals surface area contributed by atoms with Gasteiger partial charge in [0, 0.05) is 12.6 Å². The van der Waals surface area contributed by atoms with E-state index in [1.54, 1.807) is 36.0 Å². The van der Waals surface area contributed by atoms with Crippen LogP contribution in [0.5, 0.6) is 5.75 Å². The van der Waals surface area contributed by atoms with Crippen LogP contribution in [0.3, 0.4) is 0 Å². The zero-order valence-electron chi connectivity index (χ0n) is 8.58. The maximum absolute atomic E-state index is 10.3. The molecule has 5 heteroatoms. The van der Waals surface area contributed by atoms with Gasteiger partial charge in [0.25, 0.3) is 0 Å². The van der Waals surface area contributed by atoms with Gasteiger partial charge in [0.05, 0.1) is 11.9 Å². The Kier molecular flexibility index (Phi) is 2.54. The Morgan fingerprint density at radius 1 is 1.50 bits per heavy atom. The number of aromatic nitrogens is 2. The Bertz CT molecular complexity index is 568. The second-order valence-corrected chi connectivity index (χ2v) is 3.26. The average molecular weight is 215 g/mol. The minimum Gasteiger partial charge on any atom is -0.508 e. The Labute approximate surface area is 91.7 Å². The van der Waals surface area contributed by atoms with Gasteiger partial charge in [0.1, 0.15) is 11.4 Å². The third kappa shape index (κ3) is 1.71. The van der Waals surface area contributed by atoms with Crippen molar-refractivity contribution in [3.05, 3.63) is 30.5 Å². The molecule has 0 aliphatic heterocycles. The summed E-state index contributed by atoms with van der Waals surface area (Å²) in [4.78, 5) is 13.8. The molecular weight excluding hydrogens is 206 g/mol. The molecule has 16 heavy (non-hydrogen) atoms. The minimum atomic E-state index is 0.153. The summed E-state index contributed by atoms with van der Waals surface area (Å²) in [5, 5.41) is 13.4. The van der Waals surface area contributed by atoms with E-state index in [9.17, 15) is 9.90 Å². The Hall–Kier alpha value is -2.39. The smallest absolute Gasteiger partial charge is 0.240 e. The number of hydrogen-bond donors (Lipinski definition) is 1. The van der Waals surface area contributed by atoms with E-state index in [0.717, 1.165) is 5.56 Å². The van der Waals surface area contributed by atoms with Crippen molar-refractivity contribution in [2.24, 2.45) is 12.0 Å². The number of isocyanates is 1. The van der Waals surface area contributed by atoms with Crippen molar-refractivity contribution >= 4 is 11.8 Å². The molecule has 0 atom stereocenters. The SMILES string of the molecule is Cn1ncc(N=C=O)c1-c1cccc(O)c1. The molecule has 0 aliphatic carbocycles. The topological polar surface area (TPSA) is 67.5 Å². The summed E-state index contributed by atoms with van der Waals surface area (Å²) in [5.74, 6) is 0.153. The van der Waals surface area contributed by atoms with Gasteiger partial charge in [-0.05, 0) is 12.1 Å². The molecule has 0 aliphatic rings. The van der Waals surface area contributed by atoms with Crippen molar-refractivity contribution < 1.29 is 9.90 Å². The molecule has 0 fully saturated rings.